The third-order valence-electron chi connectivity index (χ3n) is 3.43. The van der Waals surface area contributed by atoms with Crippen molar-refractivity contribution in [2.45, 2.75) is 13.3 Å². The van der Waals surface area contributed by atoms with Crippen LogP contribution in [0, 0.1) is 6.92 Å². The normalized spacial score (nSPS) is 15.1. The van der Waals surface area contributed by atoms with Crippen molar-refractivity contribution in [1.82, 2.24) is 9.97 Å². The lowest BCUT2D eigenvalue weighted by Crippen LogP contribution is -2.30. The molecule has 0 saturated heterocycles. The second-order valence-electron chi connectivity index (χ2n) is 4.94. The van der Waals surface area contributed by atoms with Crippen molar-refractivity contribution in [2.24, 2.45) is 0 Å². The Morgan fingerprint density at radius 2 is 1.95 bits per heavy atom. The van der Waals surface area contributed by atoms with Crippen LogP contribution >= 0.6 is 11.6 Å². The summed E-state index contributed by atoms with van der Waals surface area (Å²) in [5.74, 6) is 0.907. The van der Waals surface area contributed by atoms with Crippen molar-refractivity contribution < 1.29 is 0 Å². The number of benzene rings is 1. The number of halogens is 1. The van der Waals surface area contributed by atoms with Gasteiger partial charge in [0.05, 0.1) is 0 Å². The molecule has 0 N–H and O–H groups in total. The Morgan fingerprint density at radius 1 is 1.15 bits per heavy atom. The molecule has 0 amide bonds. The second-order valence-corrected chi connectivity index (χ2v) is 5.28. The molecule has 102 valence electrons. The van der Waals surface area contributed by atoms with E-state index in [1.54, 1.807) is 0 Å². The molecule has 0 saturated carbocycles. The zero-order valence-corrected chi connectivity index (χ0v) is 12.1. The lowest BCUT2D eigenvalue weighted by Gasteiger charge is -2.28. The number of nitrogens with zero attached hydrogens (tertiary/aromatic N) is 3. The van der Waals surface area contributed by atoms with E-state index in [4.69, 9.17) is 11.6 Å². The van der Waals surface area contributed by atoms with E-state index in [0.29, 0.717) is 5.28 Å². The number of aryl methyl sites for hydroxylation is 1. The van der Waals surface area contributed by atoms with Crippen LogP contribution in [-0.2, 0) is 0 Å². The highest BCUT2D eigenvalue weighted by atomic mass is 35.5. The van der Waals surface area contributed by atoms with Crippen LogP contribution in [0.5, 0.6) is 0 Å². The number of aromatic nitrogens is 2. The van der Waals surface area contributed by atoms with Gasteiger partial charge < -0.3 is 4.90 Å². The SMILES string of the molecule is Cc1cc(N2CCC=C(c3ccccc3)C2)nc(Cl)n1. The first-order valence-corrected chi connectivity index (χ1v) is 7.11. The largest absolute Gasteiger partial charge is 0.352 e. The summed E-state index contributed by atoms with van der Waals surface area (Å²) >= 11 is 5.96. The molecule has 1 aromatic heterocycles. The first-order chi connectivity index (χ1) is 9.72. The van der Waals surface area contributed by atoms with Gasteiger partial charge in [-0.1, -0.05) is 36.4 Å². The molecule has 20 heavy (non-hydrogen) atoms. The molecule has 0 bridgehead atoms. The number of anilines is 1. The Hall–Kier alpha value is -1.87. The van der Waals surface area contributed by atoms with Crippen molar-refractivity contribution >= 4 is 23.0 Å². The minimum atomic E-state index is 0.316. The number of hydrogen-bond acceptors (Lipinski definition) is 3. The molecule has 0 unspecified atom stereocenters. The van der Waals surface area contributed by atoms with Gasteiger partial charge in [0.15, 0.2) is 0 Å². The maximum absolute atomic E-state index is 5.96. The highest BCUT2D eigenvalue weighted by Gasteiger charge is 2.16. The topological polar surface area (TPSA) is 29.0 Å². The Balaban J connectivity index is 1.86. The highest BCUT2D eigenvalue weighted by molar-refractivity contribution is 6.28. The zero-order valence-electron chi connectivity index (χ0n) is 11.4. The van der Waals surface area contributed by atoms with Crippen molar-refractivity contribution in [3.05, 3.63) is 59.0 Å². The predicted molar refractivity (Wildman–Crippen MR) is 83.0 cm³/mol. The van der Waals surface area contributed by atoms with E-state index < -0.39 is 0 Å². The summed E-state index contributed by atoms with van der Waals surface area (Å²) in [6, 6.07) is 12.5. The molecule has 0 fully saturated rings. The van der Waals surface area contributed by atoms with Crippen LogP contribution in [0.3, 0.4) is 0 Å². The highest BCUT2D eigenvalue weighted by Crippen LogP contribution is 2.24. The molecule has 2 aromatic rings. The van der Waals surface area contributed by atoms with Gasteiger partial charge in [0.1, 0.15) is 5.82 Å². The van der Waals surface area contributed by atoms with Gasteiger partial charge in [-0.3, -0.25) is 0 Å². The van der Waals surface area contributed by atoms with Crippen LogP contribution in [0.4, 0.5) is 5.82 Å². The molecule has 3 nitrogen and oxygen atoms in total. The van der Waals surface area contributed by atoms with Crippen LogP contribution in [0.25, 0.3) is 5.57 Å². The van der Waals surface area contributed by atoms with Gasteiger partial charge in [0.25, 0.3) is 0 Å². The van der Waals surface area contributed by atoms with Gasteiger partial charge in [-0.2, -0.15) is 0 Å². The van der Waals surface area contributed by atoms with Gasteiger partial charge in [0.2, 0.25) is 5.28 Å². The summed E-state index contributed by atoms with van der Waals surface area (Å²) in [6.45, 7) is 3.76. The second kappa shape index (κ2) is 5.63. The van der Waals surface area contributed by atoms with Crippen LogP contribution in [0.2, 0.25) is 5.28 Å². The van der Waals surface area contributed by atoms with Crippen molar-refractivity contribution in [2.75, 3.05) is 18.0 Å². The van der Waals surface area contributed by atoms with Gasteiger partial charge in [-0.05, 0) is 36.1 Å². The van der Waals surface area contributed by atoms with Gasteiger partial charge in [-0.15, -0.1) is 0 Å². The maximum atomic E-state index is 5.96. The number of hydrogen-bond donors (Lipinski definition) is 0. The van der Waals surface area contributed by atoms with E-state index in [0.717, 1.165) is 31.0 Å². The Labute approximate surface area is 123 Å². The van der Waals surface area contributed by atoms with Crippen LogP contribution in [-0.4, -0.2) is 23.1 Å². The van der Waals surface area contributed by atoms with E-state index >= 15 is 0 Å². The van der Waals surface area contributed by atoms with Gasteiger partial charge in [0, 0.05) is 24.8 Å². The Kier molecular flexibility index (Phi) is 3.70. The fourth-order valence-corrected chi connectivity index (χ4v) is 2.70. The fraction of sp³-hybridized carbons (Fsp3) is 0.250. The molecule has 1 aliphatic heterocycles. The minimum Gasteiger partial charge on any atom is -0.352 e. The summed E-state index contributed by atoms with van der Waals surface area (Å²) < 4.78 is 0. The van der Waals surface area contributed by atoms with Gasteiger partial charge in [-0.25, -0.2) is 9.97 Å². The van der Waals surface area contributed by atoms with Crippen LogP contribution in [0.15, 0.2) is 42.5 Å². The maximum Gasteiger partial charge on any atom is 0.224 e. The minimum absolute atomic E-state index is 0.316. The molecule has 0 radical (unpaired) electrons. The molecular formula is C16H16ClN3. The van der Waals surface area contributed by atoms with Crippen molar-refractivity contribution in [1.29, 1.82) is 0 Å². The molecule has 0 atom stereocenters. The van der Waals surface area contributed by atoms with Gasteiger partial charge >= 0.3 is 0 Å². The molecule has 0 spiro atoms. The van der Waals surface area contributed by atoms with Crippen LogP contribution < -0.4 is 4.90 Å². The first-order valence-electron chi connectivity index (χ1n) is 6.73. The average Bonchev–Trinajstić information content (AvgIpc) is 2.47. The summed E-state index contributed by atoms with van der Waals surface area (Å²) in [5.41, 5.74) is 3.51. The van der Waals surface area contributed by atoms with E-state index in [1.807, 2.05) is 19.1 Å². The predicted octanol–water partition coefficient (Wildman–Crippen LogP) is 3.73. The monoisotopic (exact) mass is 285 g/mol. The smallest absolute Gasteiger partial charge is 0.224 e. The van der Waals surface area contributed by atoms with E-state index in [2.05, 4.69) is 45.2 Å². The standard InChI is InChI=1S/C16H16ClN3/c1-12-10-15(19-16(17)18-12)20-9-5-8-14(11-20)13-6-3-2-4-7-13/h2-4,6-8,10H,5,9,11H2,1H3. The molecule has 2 heterocycles. The molecule has 3 rings (SSSR count). The Morgan fingerprint density at radius 3 is 2.70 bits per heavy atom. The summed E-state index contributed by atoms with van der Waals surface area (Å²) in [7, 11) is 0. The van der Waals surface area contributed by atoms with Crippen LogP contribution in [0.1, 0.15) is 17.7 Å². The Bertz CT molecular complexity index is 617. The quantitative estimate of drug-likeness (QED) is 0.787. The van der Waals surface area contributed by atoms with E-state index in [9.17, 15) is 0 Å². The third-order valence-corrected chi connectivity index (χ3v) is 3.60. The molecule has 0 aliphatic carbocycles. The molecule has 1 aliphatic rings. The molecule has 4 heteroatoms. The van der Waals surface area contributed by atoms with Crippen molar-refractivity contribution in [3.63, 3.8) is 0 Å². The summed E-state index contributed by atoms with van der Waals surface area (Å²) in [5, 5.41) is 0.316. The molecular weight excluding hydrogens is 270 g/mol. The van der Waals surface area contributed by atoms with Crippen molar-refractivity contribution in [3.8, 4) is 0 Å². The first kappa shape index (κ1) is 13.1. The molecule has 1 aromatic carbocycles. The summed E-state index contributed by atoms with van der Waals surface area (Å²) in [4.78, 5) is 10.7. The fourth-order valence-electron chi connectivity index (χ4n) is 2.48. The van der Waals surface area contributed by atoms with E-state index in [-0.39, 0.29) is 0 Å². The zero-order chi connectivity index (χ0) is 13.9. The lowest BCUT2D eigenvalue weighted by molar-refractivity contribution is 0.810. The van der Waals surface area contributed by atoms with E-state index in [1.165, 1.54) is 11.1 Å². The number of rotatable bonds is 2. The third kappa shape index (κ3) is 2.83. The summed E-state index contributed by atoms with van der Waals surface area (Å²) in [6.07, 6.45) is 3.33. The average molecular weight is 286 g/mol. The lowest BCUT2D eigenvalue weighted by atomic mass is 10.0.